The molecule has 0 fully saturated rings. The topological polar surface area (TPSA) is 35.2 Å². The Kier molecular flexibility index (Phi) is 2.27. The van der Waals surface area contributed by atoms with Crippen LogP contribution in [0.3, 0.4) is 0 Å². The van der Waals surface area contributed by atoms with Gasteiger partial charge >= 0.3 is 0 Å². The summed E-state index contributed by atoms with van der Waals surface area (Å²) >= 11 is 0. The zero-order chi connectivity index (χ0) is 9.30. The van der Waals surface area contributed by atoms with E-state index in [4.69, 9.17) is 10.5 Å². The molecular formula is C10H15NO. The fourth-order valence-electron chi connectivity index (χ4n) is 1.50. The molecule has 0 radical (unpaired) electrons. The lowest BCUT2D eigenvalue weighted by Crippen LogP contribution is -1.99. The Hall–Kier alpha value is -1.18. The third-order valence-electron chi connectivity index (χ3n) is 2.16. The molecule has 2 nitrogen and oxygen atoms in total. The van der Waals surface area contributed by atoms with Crippen LogP contribution in [0.1, 0.15) is 16.7 Å². The maximum atomic E-state index is 5.85. The van der Waals surface area contributed by atoms with Gasteiger partial charge in [-0.2, -0.15) is 0 Å². The van der Waals surface area contributed by atoms with Crippen LogP contribution in [0, 0.1) is 20.8 Å². The number of rotatable bonds is 1. The van der Waals surface area contributed by atoms with E-state index < -0.39 is 0 Å². The molecule has 0 aliphatic rings. The van der Waals surface area contributed by atoms with Crippen LogP contribution >= 0.6 is 0 Å². The third kappa shape index (κ3) is 1.24. The van der Waals surface area contributed by atoms with Crippen molar-refractivity contribution < 1.29 is 4.74 Å². The zero-order valence-corrected chi connectivity index (χ0v) is 8.06. The quantitative estimate of drug-likeness (QED) is 0.647. The molecule has 2 heteroatoms. The molecule has 0 bridgehead atoms. The number of hydrogen-bond donors (Lipinski definition) is 1. The van der Waals surface area contributed by atoms with Crippen LogP contribution in [0.2, 0.25) is 0 Å². The van der Waals surface area contributed by atoms with Crippen molar-refractivity contribution in [2.24, 2.45) is 0 Å². The molecule has 0 unspecified atom stereocenters. The predicted octanol–water partition coefficient (Wildman–Crippen LogP) is 2.20. The first-order valence-corrected chi connectivity index (χ1v) is 3.98. The molecule has 0 saturated heterocycles. The fourth-order valence-corrected chi connectivity index (χ4v) is 1.50. The van der Waals surface area contributed by atoms with Crippen molar-refractivity contribution in [1.29, 1.82) is 0 Å². The molecule has 0 atom stereocenters. The summed E-state index contributed by atoms with van der Waals surface area (Å²) in [5, 5.41) is 0. The summed E-state index contributed by atoms with van der Waals surface area (Å²) in [6, 6.07) is 2.04. The molecule has 1 aromatic rings. The average Bonchev–Trinajstić information content (AvgIpc) is 2.01. The summed E-state index contributed by atoms with van der Waals surface area (Å²) in [4.78, 5) is 0. The summed E-state index contributed by atoms with van der Waals surface area (Å²) in [6.45, 7) is 6.02. The van der Waals surface area contributed by atoms with Crippen molar-refractivity contribution in [2.75, 3.05) is 12.8 Å². The molecule has 0 aliphatic carbocycles. The van der Waals surface area contributed by atoms with Gasteiger partial charge in [0.2, 0.25) is 0 Å². The summed E-state index contributed by atoms with van der Waals surface area (Å²) in [5.41, 5.74) is 9.97. The van der Waals surface area contributed by atoms with Gasteiger partial charge in [-0.05, 0) is 31.9 Å². The van der Waals surface area contributed by atoms with Crippen LogP contribution in [0.15, 0.2) is 6.07 Å². The Bertz CT molecular complexity index is 305. The van der Waals surface area contributed by atoms with Crippen molar-refractivity contribution >= 4 is 5.69 Å². The summed E-state index contributed by atoms with van der Waals surface area (Å²) in [5.74, 6) is 0.901. The molecule has 0 spiro atoms. The minimum absolute atomic E-state index is 0.831. The van der Waals surface area contributed by atoms with Crippen molar-refractivity contribution in [3.05, 3.63) is 22.8 Å². The van der Waals surface area contributed by atoms with Crippen LogP contribution in [0.4, 0.5) is 5.69 Å². The molecule has 0 aromatic heterocycles. The first-order valence-electron chi connectivity index (χ1n) is 3.98. The number of anilines is 1. The molecule has 0 saturated carbocycles. The molecule has 1 rings (SSSR count). The summed E-state index contributed by atoms with van der Waals surface area (Å²) < 4.78 is 5.23. The Balaban J connectivity index is 3.40. The number of hydrogen-bond acceptors (Lipinski definition) is 2. The van der Waals surface area contributed by atoms with E-state index in [1.54, 1.807) is 7.11 Å². The molecule has 12 heavy (non-hydrogen) atoms. The van der Waals surface area contributed by atoms with Gasteiger partial charge in [0.15, 0.2) is 0 Å². The second kappa shape index (κ2) is 3.05. The minimum atomic E-state index is 0.831. The lowest BCUT2D eigenvalue weighted by Gasteiger charge is -2.12. The van der Waals surface area contributed by atoms with Crippen LogP contribution in [0.5, 0.6) is 5.75 Å². The summed E-state index contributed by atoms with van der Waals surface area (Å²) in [7, 11) is 1.67. The molecule has 66 valence electrons. The van der Waals surface area contributed by atoms with E-state index in [0.29, 0.717) is 0 Å². The largest absolute Gasteiger partial charge is 0.496 e. The molecule has 0 aliphatic heterocycles. The second-order valence-electron chi connectivity index (χ2n) is 3.08. The second-order valence-corrected chi connectivity index (χ2v) is 3.08. The average molecular weight is 165 g/mol. The molecular weight excluding hydrogens is 150 g/mol. The standard InChI is InChI=1S/C10H15NO/c1-6-5-7(2)10(12-4)8(3)9(6)11/h5H,11H2,1-4H3. The number of ether oxygens (including phenoxy) is 1. The monoisotopic (exact) mass is 165 g/mol. The fraction of sp³-hybridized carbons (Fsp3) is 0.400. The highest BCUT2D eigenvalue weighted by Crippen LogP contribution is 2.29. The summed E-state index contributed by atoms with van der Waals surface area (Å²) in [6.07, 6.45) is 0. The predicted molar refractivity (Wildman–Crippen MR) is 51.6 cm³/mol. The first kappa shape index (κ1) is 8.91. The van der Waals surface area contributed by atoms with Gasteiger partial charge in [-0.25, -0.2) is 0 Å². The normalized spacial score (nSPS) is 10.0. The van der Waals surface area contributed by atoms with Gasteiger partial charge in [-0.1, -0.05) is 6.07 Å². The van der Waals surface area contributed by atoms with Gasteiger partial charge in [0.05, 0.1) is 7.11 Å². The van der Waals surface area contributed by atoms with Crippen LogP contribution in [-0.4, -0.2) is 7.11 Å². The SMILES string of the molecule is COc1c(C)cc(C)c(N)c1C. The number of benzene rings is 1. The van der Waals surface area contributed by atoms with E-state index >= 15 is 0 Å². The van der Waals surface area contributed by atoms with E-state index in [0.717, 1.165) is 28.1 Å². The van der Waals surface area contributed by atoms with Gasteiger partial charge in [-0.3, -0.25) is 0 Å². The molecule has 1 aromatic carbocycles. The van der Waals surface area contributed by atoms with E-state index in [1.165, 1.54) is 0 Å². The maximum Gasteiger partial charge on any atom is 0.126 e. The number of nitrogen functional groups attached to an aromatic ring is 1. The molecule has 0 heterocycles. The Morgan fingerprint density at radius 1 is 1.17 bits per heavy atom. The smallest absolute Gasteiger partial charge is 0.126 e. The number of methoxy groups -OCH3 is 1. The minimum Gasteiger partial charge on any atom is -0.496 e. The van der Waals surface area contributed by atoms with E-state index in [2.05, 4.69) is 0 Å². The number of nitrogens with two attached hydrogens (primary N) is 1. The van der Waals surface area contributed by atoms with Crippen molar-refractivity contribution in [3.8, 4) is 5.75 Å². The van der Waals surface area contributed by atoms with Gasteiger partial charge < -0.3 is 10.5 Å². The van der Waals surface area contributed by atoms with E-state index in [-0.39, 0.29) is 0 Å². The zero-order valence-electron chi connectivity index (χ0n) is 8.06. The lowest BCUT2D eigenvalue weighted by molar-refractivity contribution is 0.409. The Morgan fingerprint density at radius 2 is 1.75 bits per heavy atom. The first-order chi connectivity index (χ1) is 5.57. The van der Waals surface area contributed by atoms with Crippen molar-refractivity contribution in [3.63, 3.8) is 0 Å². The Morgan fingerprint density at radius 3 is 2.25 bits per heavy atom. The van der Waals surface area contributed by atoms with Gasteiger partial charge in [0.1, 0.15) is 5.75 Å². The van der Waals surface area contributed by atoms with E-state index in [1.807, 2.05) is 26.8 Å². The number of aryl methyl sites for hydroxylation is 2. The van der Waals surface area contributed by atoms with Gasteiger partial charge in [-0.15, -0.1) is 0 Å². The van der Waals surface area contributed by atoms with Gasteiger partial charge in [0, 0.05) is 11.3 Å². The van der Waals surface area contributed by atoms with Crippen LogP contribution in [0.25, 0.3) is 0 Å². The highest BCUT2D eigenvalue weighted by atomic mass is 16.5. The van der Waals surface area contributed by atoms with Crippen molar-refractivity contribution in [1.82, 2.24) is 0 Å². The van der Waals surface area contributed by atoms with Crippen molar-refractivity contribution in [2.45, 2.75) is 20.8 Å². The maximum absolute atomic E-state index is 5.85. The third-order valence-corrected chi connectivity index (χ3v) is 2.16. The highest BCUT2D eigenvalue weighted by molar-refractivity contribution is 5.61. The Labute approximate surface area is 73.3 Å². The van der Waals surface area contributed by atoms with Gasteiger partial charge in [0.25, 0.3) is 0 Å². The van der Waals surface area contributed by atoms with Crippen LogP contribution in [-0.2, 0) is 0 Å². The van der Waals surface area contributed by atoms with E-state index in [9.17, 15) is 0 Å². The highest BCUT2D eigenvalue weighted by Gasteiger charge is 2.07. The lowest BCUT2D eigenvalue weighted by atomic mass is 10.0. The van der Waals surface area contributed by atoms with Crippen LogP contribution < -0.4 is 10.5 Å². The molecule has 0 amide bonds. The molecule has 2 N–H and O–H groups in total.